The second-order valence-corrected chi connectivity index (χ2v) is 24.1. The molecule has 86 heavy (non-hydrogen) atoms. The van der Waals surface area contributed by atoms with Crippen LogP contribution in [0, 0.1) is 0 Å². The van der Waals surface area contributed by atoms with E-state index in [0.29, 0.717) is 90.9 Å². The van der Waals surface area contributed by atoms with Crippen LogP contribution in [-0.4, -0.2) is 193 Å². The molecule has 0 bridgehead atoms. The van der Waals surface area contributed by atoms with Gasteiger partial charge in [0.05, 0.1) is 0 Å². The Kier molecular flexibility index (Phi) is 55.4. The van der Waals surface area contributed by atoms with Gasteiger partial charge < -0.3 is 39.4 Å². The molecule has 1 saturated heterocycles. The van der Waals surface area contributed by atoms with E-state index in [0.717, 1.165) is 51.4 Å². The summed E-state index contributed by atoms with van der Waals surface area (Å²) in [5, 5.41) is 45.3. The third kappa shape index (κ3) is 52.5. The van der Waals surface area contributed by atoms with Crippen molar-refractivity contribution in [3.63, 3.8) is 0 Å². The molecule has 0 spiro atoms. The minimum Gasteiger partial charge on any atom is -0.463 e. The highest BCUT2D eigenvalue weighted by molar-refractivity contribution is 5.70. The number of nitrogens with zero attached hydrogens (tertiary/aromatic N) is 4. The largest absolute Gasteiger partial charge is 0.463 e. The average molecular weight is 1220 g/mol. The van der Waals surface area contributed by atoms with E-state index >= 15 is 0 Å². The highest BCUT2D eigenvalue weighted by Crippen LogP contribution is 2.13. The van der Waals surface area contributed by atoms with Crippen LogP contribution in [0.2, 0.25) is 0 Å². The maximum atomic E-state index is 12.8. The second-order valence-electron chi connectivity index (χ2n) is 24.1. The monoisotopic (exact) mass is 1220 g/mol. The van der Waals surface area contributed by atoms with Crippen molar-refractivity contribution >= 4 is 23.9 Å². The number of β-amino-alcohol motifs (C(OH)–C–C–N with tert-alkyl or cyclic N) is 4. The lowest BCUT2D eigenvalue weighted by atomic mass is 10.1. The zero-order chi connectivity index (χ0) is 62.8. The van der Waals surface area contributed by atoms with Gasteiger partial charge in [0.25, 0.3) is 0 Å². The van der Waals surface area contributed by atoms with Crippen LogP contribution < -0.4 is 0 Å². The van der Waals surface area contributed by atoms with Gasteiger partial charge in [-0.25, -0.2) is 0 Å². The van der Waals surface area contributed by atoms with E-state index in [9.17, 15) is 39.6 Å². The van der Waals surface area contributed by atoms with Gasteiger partial charge in [0, 0.05) is 78.0 Å². The normalized spacial score (nSPS) is 16.5. The number of ether oxygens (including phenoxy) is 4. The summed E-state index contributed by atoms with van der Waals surface area (Å²) in [6.07, 6.45) is 45.6. The Balaban J connectivity index is 3.17. The summed E-state index contributed by atoms with van der Waals surface area (Å²) in [5.41, 5.74) is 0. The Bertz CT molecular complexity index is 1490. The molecule has 4 atom stereocenters. The lowest BCUT2D eigenvalue weighted by molar-refractivity contribution is -0.148. The van der Waals surface area contributed by atoms with Crippen molar-refractivity contribution < 1.29 is 58.6 Å². The number of carbonyl (C=O) groups is 4. The van der Waals surface area contributed by atoms with Gasteiger partial charge in [-0.2, -0.15) is 0 Å². The molecule has 500 valence electrons. The Hall–Kier alpha value is -3.48. The van der Waals surface area contributed by atoms with Crippen LogP contribution in [0.4, 0.5) is 0 Å². The first-order chi connectivity index (χ1) is 41.9. The van der Waals surface area contributed by atoms with Crippen molar-refractivity contribution in [1.29, 1.82) is 0 Å². The SMILES string of the molecule is CCCCCC/C=C\CCCC(=O)OCC(O)CN1CCCN(CC(O)COC(=O)CCC/C=C\CCCCCC)CCN(CC(O)COC(=O)CCC/C=C\CCCCCC)CCCN(CC(O)COC(=O)CCC/C=C\CCCCCC)CC1. The molecule has 1 fully saturated rings. The molecule has 1 aliphatic heterocycles. The van der Waals surface area contributed by atoms with Crippen molar-refractivity contribution in [2.45, 2.75) is 270 Å². The fourth-order valence-corrected chi connectivity index (χ4v) is 10.4. The molecule has 0 saturated carbocycles. The summed E-state index contributed by atoms with van der Waals surface area (Å²) in [7, 11) is 0. The number of aliphatic hydroxyl groups excluding tert-OH is 4. The highest BCUT2D eigenvalue weighted by Gasteiger charge is 2.23. The molecule has 16 nitrogen and oxygen atoms in total. The molecule has 0 amide bonds. The van der Waals surface area contributed by atoms with Crippen molar-refractivity contribution in [1.82, 2.24) is 19.6 Å². The van der Waals surface area contributed by atoms with E-state index in [1.165, 1.54) is 103 Å². The fraction of sp³-hybridized carbons (Fsp3) is 0.829. The number of aliphatic hydroxyl groups is 4. The molecule has 4 N–H and O–H groups in total. The third-order valence-electron chi connectivity index (χ3n) is 15.6. The predicted molar refractivity (Wildman–Crippen MR) is 350 cm³/mol. The number of hydrogen-bond acceptors (Lipinski definition) is 16. The van der Waals surface area contributed by atoms with Crippen LogP contribution in [0.3, 0.4) is 0 Å². The Morgan fingerprint density at radius 3 is 0.698 bits per heavy atom. The Morgan fingerprint density at radius 1 is 0.302 bits per heavy atom. The van der Waals surface area contributed by atoms with Gasteiger partial charge in [-0.1, -0.05) is 153 Å². The van der Waals surface area contributed by atoms with Crippen LogP contribution in [-0.2, 0) is 38.1 Å². The third-order valence-corrected chi connectivity index (χ3v) is 15.6. The molecule has 1 rings (SSSR count). The Morgan fingerprint density at radius 2 is 0.500 bits per heavy atom. The van der Waals surface area contributed by atoms with Gasteiger partial charge in [-0.15, -0.1) is 0 Å². The van der Waals surface area contributed by atoms with Gasteiger partial charge in [0.1, 0.15) is 50.8 Å². The number of esters is 4. The molecule has 1 heterocycles. The number of allylic oxidation sites excluding steroid dienone is 8. The van der Waals surface area contributed by atoms with E-state index in [4.69, 9.17) is 18.9 Å². The number of carbonyl (C=O) groups excluding carboxylic acids is 4. The van der Waals surface area contributed by atoms with Crippen LogP contribution in [0.25, 0.3) is 0 Å². The summed E-state index contributed by atoms with van der Waals surface area (Å²) in [6, 6.07) is 0. The smallest absolute Gasteiger partial charge is 0.305 e. The van der Waals surface area contributed by atoms with Crippen LogP contribution in [0.1, 0.15) is 246 Å². The lowest BCUT2D eigenvalue weighted by Gasteiger charge is -2.34. The summed E-state index contributed by atoms with van der Waals surface area (Å²) in [5.74, 6) is -1.34. The average Bonchev–Trinajstić information content (AvgIpc) is 3.67. The van der Waals surface area contributed by atoms with E-state index < -0.39 is 24.4 Å². The van der Waals surface area contributed by atoms with Crippen LogP contribution >= 0.6 is 0 Å². The van der Waals surface area contributed by atoms with Crippen molar-refractivity contribution in [3.05, 3.63) is 48.6 Å². The Labute approximate surface area is 523 Å². The molecule has 0 aromatic rings. The number of unbranched alkanes of at least 4 members (excludes halogenated alkanes) is 20. The van der Waals surface area contributed by atoms with E-state index in [2.05, 4.69) is 95.9 Å². The topological polar surface area (TPSA) is 199 Å². The lowest BCUT2D eigenvalue weighted by Crippen LogP contribution is -2.47. The maximum absolute atomic E-state index is 12.8. The summed E-state index contributed by atoms with van der Waals surface area (Å²) < 4.78 is 22.3. The van der Waals surface area contributed by atoms with Gasteiger partial charge in [0.15, 0.2) is 0 Å². The highest BCUT2D eigenvalue weighted by atomic mass is 16.6. The number of hydrogen-bond donors (Lipinski definition) is 4. The van der Waals surface area contributed by atoms with Crippen molar-refractivity contribution in [3.8, 4) is 0 Å². The maximum Gasteiger partial charge on any atom is 0.305 e. The van der Waals surface area contributed by atoms with Gasteiger partial charge in [-0.05, 0) is 142 Å². The first-order valence-corrected chi connectivity index (χ1v) is 34.7. The minimum atomic E-state index is -0.939. The van der Waals surface area contributed by atoms with E-state index in [-0.39, 0.29) is 102 Å². The van der Waals surface area contributed by atoms with Crippen LogP contribution in [0.15, 0.2) is 48.6 Å². The van der Waals surface area contributed by atoms with Gasteiger partial charge in [0.2, 0.25) is 0 Å². The number of rotatable bonds is 52. The zero-order valence-corrected chi connectivity index (χ0v) is 55.1. The van der Waals surface area contributed by atoms with Crippen LogP contribution in [0.5, 0.6) is 0 Å². The van der Waals surface area contributed by atoms with Gasteiger partial charge in [-0.3, -0.25) is 38.8 Å². The molecule has 0 aromatic carbocycles. The van der Waals surface area contributed by atoms with E-state index in [1.807, 2.05) is 0 Å². The van der Waals surface area contributed by atoms with Crippen molar-refractivity contribution in [2.75, 3.05) is 105 Å². The first kappa shape index (κ1) is 80.5. The summed E-state index contributed by atoms with van der Waals surface area (Å²) >= 11 is 0. The molecule has 0 aromatic heterocycles. The van der Waals surface area contributed by atoms with Gasteiger partial charge >= 0.3 is 23.9 Å². The summed E-state index contributed by atoms with van der Waals surface area (Å²) in [6.45, 7) is 13.6. The zero-order valence-electron chi connectivity index (χ0n) is 55.1. The molecular formula is C70H128N4O12. The second kappa shape index (κ2) is 59.2. The van der Waals surface area contributed by atoms with Crippen molar-refractivity contribution in [2.24, 2.45) is 0 Å². The predicted octanol–water partition coefficient (Wildman–Crippen LogP) is 12.4. The molecular weight excluding hydrogens is 1090 g/mol. The molecule has 1 aliphatic rings. The fourth-order valence-electron chi connectivity index (χ4n) is 10.4. The molecule has 16 heteroatoms. The molecule has 0 aliphatic carbocycles. The standard InChI is InChI=1S/C70H128N4O12/c1-5-9-13-17-21-25-29-33-37-43-67(79)83-59-63(75)55-71-47-41-48-73(57-65(77)61-85-69(81)45-39-35-31-27-23-19-15-11-7-3)53-54-74(58-66(78)62-86-70(82)46-40-36-32-28-24-20-16-12-8-4)50-42-49-72(52-51-71)56-64(76)60-84-68(80)44-38-34-30-26-22-18-14-10-6-2/h25-32,63-66,75-78H,5-24,33-62H2,1-4H3/b29-25-,30-26-,31-27-,32-28-. The van der Waals surface area contributed by atoms with E-state index in [1.54, 1.807) is 0 Å². The molecule has 4 unspecified atom stereocenters. The molecule has 0 radical (unpaired) electrons. The minimum absolute atomic E-state index is 0.129. The quantitative estimate of drug-likeness (QED) is 0.0194. The first-order valence-electron chi connectivity index (χ1n) is 34.7. The summed E-state index contributed by atoms with van der Waals surface area (Å²) in [4.78, 5) is 59.6.